The van der Waals surface area contributed by atoms with E-state index in [0.29, 0.717) is 12.6 Å². The van der Waals surface area contributed by atoms with Crippen LogP contribution in [-0.4, -0.2) is 50.0 Å². The van der Waals surface area contributed by atoms with E-state index in [1.54, 1.807) is 0 Å². The van der Waals surface area contributed by atoms with Crippen molar-refractivity contribution >= 4 is 5.91 Å². The lowest BCUT2D eigenvalue weighted by Crippen LogP contribution is -2.40. The molecule has 0 saturated carbocycles. The average molecular weight is 337 g/mol. The van der Waals surface area contributed by atoms with Crippen molar-refractivity contribution in [3.8, 4) is 11.4 Å². The molecule has 0 spiro atoms. The SMILES string of the molecule is C[C@@H]1CCN(C(=O)c2nn(-c3ccc(F)cc3F)cc2O)[C@H]1CO. The van der Waals surface area contributed by atoms with Crippen molar-refractivity contribution in [2.24, 2.45) is 5.92 Å². The molecule has 1 aliphatic heterocycles. The molecule has 0 radical (unpaired) electrons. The number of hydrogen-bond acceptors (Lipinski definition) is 4. The molecule has 6 nitrogen and oxygen atoms in total. The summed E-state index contributed by atoms with van der Waals surface area (Å²) in [5, 5.41) is 23.4. The largest absolute Gasteiger partial charge is 0.504 e. The van der Waals surface area contributed by atoms with Gasteiger partial charge in [-0.1, -0.05) is 6.92 Å². The standard InChI is InChI=1S/C16H17F2N3O3/c1-9-4-5-20(13(9)8-22)16(24)15-14(23)7-21(19-15)12-3-2-10(17)6-11(12)18/h2-3,6-7,9,13,22-23H,4-5,8H2,1H3/t9-,13+/m1/s1. The zero-order valence-electron chi connectivity index (χ0n) is 13.0. The van der Waals surface area contributed by atoms with Gasteiger partial charge in [-0.05, 0) is 24.5 Å². The fourth-order valence-electron chi connectivity index (χ4n) is 2.98. The fraction of sp³-hybridized carbons (Fsp3) is 0.375. The summed E-state index contributed by atoms with van der Waals surface area (Å²) in [5.74, 6) is -2.39. The molecule has 2 N–H and O–H groups in total. The Labute approximate surface area is 136 Å². The fourth-order valence-corrected chi connectivity index (χ4v) is 2.98. The topological polar surface area (TPSA) is 78.6 Å². The summed E-state index contributed by atoms with van der Waals surface area (Å²) in [6.07, 6.45) is 1.84. The molecule has 0 unspecified atom stereocenters. The maximum atomic E-state index is 13.8. The van der Waals surface area contributed by atoms with Gasteiger partial charge in [0.15, 0.2) is 17.3 Å². The maximum absolute atomic E-state index is 13.8. The number of aliphatic hydroxyl groups excluding tert-OH is 1. The van der Waals surface area contributed by atoms with Gasteiger partial charge in [-0.3, -0.25) is 4.79 Å². The van der Waals surface area contributed by atoms with Crippen molar-refractivity contribution in [3.05, 3.63) is 41.7 Å². The lowest BCUT2D eigenvalue weighted by molar-refractivity contribution is 0.0639. The molecule has 24 heavy (non-hydrogen) atoms. The quantitative estimate of drug-likeness (QED) is 0.894. The lowest BCUT2D eigenvalue weighted by Gasteiger charge is -2.24. The molecule has 1 aromatic carbocycles. The van der Waals surface area contributed by atoms with E-state index >= 15 is 0 Å². The number of carbonyl (C=O) groups is 1. The van der Waals surface area contributed by atoms with E-state index in [0.717, 1.165) is 23.4 Å². The van der Waals surface area contributed by atoms with E-state index in [2.05, 4.69) is 5.10 Å². The number of nitrogens with zero attached hydrogens (tertiary/aromatic N) is 3. The second-order valence-corrected chi connectivity index (χ2v) is 5.92. The Morgan fingerprint density at radius 1 is 1.42 bits per heavy atom. The number of aromatic hydroxyl groups is 1. The molecule has 128 valence electrons. The number of aliphatic hydroxyl groups is 1. The van der Waals surface area contributed by atoms with Gasteiger partial charge in [0.2, 0.25) is 0 Å². The highest BCUT2D eigenvalue weighted by molar-refractivity contribution is 5.95. The van der Waals surface area contributed by atoms with Crippen LogP contribution in [0.25, 0.3) is 5.69 Å². The van der Waals surface area contributed by atoms with E-state index in [1.165, 1.54) is 11.0 Å². The average Bonchev–Trinajstić information content (AvgIpc) is 3.09. The van der Waals surface area contributed by atoms with Crippen LogP contribution in [0.1, 0.15) is 23.8 Å². The molecule has 0 aliphatic carbocycles. The monoisotopic (exact) mass is 337 g/mol. The number of aromatic nitrogens is 2. The molecule has 0 bridgehead atoms. The smallest absolute Gasteiger partial charge is 0.278 e. The van der Waals surface area contributed by atoms with Crippen molar-refractivity contribution < 1.29 is 23.8 Å². The highest BCUT2D eigenvalue weighted by Gasteiger charge is 2.36. The van der Waals surface area contributed by atoms with Crippen LogP contribution in [0.4, 0.5) is 8.78 Å². The third-order valence-electron chi connectivity index (χ3n) is 4.38. The molecule has 2 heterocycles. The van der Waals surface area contributed by atoms with E-state index < -0.39 is 23.3 Å². The molecule has 1 aliphatic rings. The molecule has 8 heteroatoms. The maximum Gasteiger partial charge on any atom is 0.278 e. The van der Waals surface area contributed by atoms with Crippen LogP contribution >= 0.6 is 0 Å². The van der Waals surface area contributed by atoms with Crippen molar-refractivity contribution in [2.75, 3.05) is 13.2 Å². The zero-order valence-corrected chi connectivity index (χ0v) is 13.0. The van der Waals surface area contributed by atoms with Crippen LogP contribution in [0.2, 0.25) is 0 Å². The van der Waals surface area contributed by atoms with Crippen molar-refractivity contribution in [3.63, 3.8) is 0 Å². The highest BCUT2D eigenvalue weighted by Crippen LogP contribution is 2.28. The Bertz CT molecular complexity index is 778. The minimum Gasteiger partial charge on any atom is -0.504 e. The third kappa shape index (κ3) is 2.73. The second-order valence-electron chi connectivity index (χ2n) is 5.92. The zero-order chi connectivity index (χ0) is 17.4. The van der Waals surface area contributed by atoms with Gasteiger partial charge in [-0.15, -0.1) is 0 Å². The summed E-state index contributed by atoms with van der Waals surface area (Å²) in [5.41, 5.74) is -0.314. The Morgan fingerprint density at radius 2 is 2.17 bits per heavy atom. The molecule has 1 amide bonds. The molecular formula is C16H17F2N3O3. The van der Waals surface area contributed by atoms with Gasteiger partial charge in [0.1, 0.15) is 11.5 Å². The first-order valence-corrected chi connectivity index (χ1v) is 7.58. The van der Waals surface area contributed by atoms with Crippen LogP contribution in [0.5, 0.6) is 5.75 Å². The number of rotatable bonds is 3. The van der Waals surface area contributed by atoms with Crippen LogP contribution in [0, 0.1) is 17.6 Å². The minimum atomic E-state index is -0.862. The molecule has 1 fully saturated rings. The van der Waals surface area contributed by atoms with Crippen LogP contribution in [0.3, 0.4) is 0 Å². The van der Waals surface area contributed by atoms with Gasteiger partial charge < -0.3 is 15.1 Å². The van der Waals surface area contributed by atoms with Gasteiger partial charge in [-0.25, -0.2) is 13.5 Å². The van der Waals surface area contributed by atoms with Crippen molar-refractivity contribution in [2.45, 2.75) is 19.4 Å². The van der Waals surface area contributed by atoms with Crippen molar-refractivity contribution in [1.29, 1.82) is 0 Å². The number of amides is 1. The van der Waals surface area contributed by atoms with Crippen LogP contribution in [0.15, 0.2) is 24.4 Å². The predicted octanol–water partition coefficient (Wildman–Crippen LogP) is 1.70. The molecule has 2 aromatic rings. The molecule has 1 aromatic heterocycles. The Balaban J connectivity index is 1.93. The third-order valence-corrected chi connectivity index (χ3v) is 4.38. The number of halogens is 2. The number of likely N-dealkylation sites (tertiary alicyclic amines) is 1. The normalized spacial score (nSPS) is 20.6. The predicted molar refractivity (Wildman–Crippen MR) is 80.8 cm³/mol. The number of hydrogen-bond donors (Lipinski definition) is 2. The number of carbonyl (C=O) groups excluding carboxylic acids is 1. The second kappa shape index (κ2) is 6.20. The lowest BCUT2D eigenvalue weighted by atomic mass is 10.0. The van der Waals surface area contributed by atoms with E-state index in [1.807, 2.05) is 6.92 Å². The summed E-state index contributed by atoms with van der Waals surface area (Å²) in [7, 11) is 0. The van der Waals surface area contributed by atoms with E-state index in [9.17, 15) is 23.8 Å². The summed E-state index contributed by atoms with van der Waals surface area (Å²) < 4.78 is 27.8. The first-order chi connectivity index (χ1) is 11.4. The Hall–Kier alpha value is -2.48. The van der Waals surface area contributed by atoms with Crippen LogP contribution < -0.4 is 0 Å². The van der Waals surface area contributed by atoms with Crippen molar-refractivity contribution in [1.82, 2.24) is 14.7 Å². The summed E-state index contributed by atoms with van der Waals surface area (Å²) in [6.45, 7) is 2.20. The first kappa shape index (κ1) is 16.4. The number of benzene rings is 1. The Kier molecular flexibility index (Phi) is 4.23. The summed E-state index contributed by atoms with van der Waals surface area (Å²) >= 11 is 0. The van der Waals surface area contributed by atoms with E-state index in [4.69, 9.17) is 0 Å². The van der Waals surface area contributed by atoms with Gasteiger partial charge in [0.25, 0.3) is 5.91 Å². The summed E-state index contributed by atoms with van der Waals surface area (Å²) in [4.78, 5) is 14.0. The van der Waals surface area contributed by atoms with Gasteiger partial charge in [-0.2, -0.15) is 5.10 Å². The summed E-state index contributed by atoms with van der Waals surface area (Å²) in [6, 6.07) is 2.58. The minimum absolute atomic E-state index is 0.0840. The van der Waals surface area contributed by atoms with E-state index in [-0.39, 0.29) is 29.9 Å². The molecule has 2 atom stereocenters. The van der Waals surface area contributed by atoms with Gasteiger partial charge in [0.05, 0.1) is 18.8 Å². The van der Waals surface area contributed by atoms with Gasteiger partial charge >= 0.3 is 0 Å². The molecule has 1 saturated heterocycles. The molecular weight excluding hydrogens is 320 g/mol. The van der Waals surface area contributed by atoms with Crippen LogP contribution in [-0.2, 0) is 0 Å². The highest BCUT2D eigenvalue weighted by atomic mass is 19.1. The first-order valence-electron chi connectivity index (χ1n) is 7.58. The van der Waals surface area contributed by atoms with Gasteiger partial charge in [0, 0.05) is 12.6 Å². The Morgan fingerprint density at radius 3 is 2.83 bits per heavy atom. The molecule has 3 rings (SSSR count).